The van der Waals surface area contributed by atoms with Gasteiger partial charge in [-0.15, -0.1) is 0 Å². The highest BCUT2D eigenvalue weighted by Gasteiger charge is 2.34. The van der Waals surface area contributed by atoms with Crippen molar-refractivity contribution in [3.05, 3.63) is 70.9 Å². The van der Waals surface area contributed by atoms with E-state index in [1.54, 1.807) is 29.3 Å². The van der Waals surface area contributed by atoms with Crippen LogP contribution in [-0.2, 0) is 17.5 Å². The predicted molar refractivity (Wildman–Crippen MR) is 164 cm³/mol. The molecule has 5 rings (SSSR count). The second-order valence-electron chi connectivity index (χ2n) is 11.4. The second-order valence-corrected chi connectivity index (χ2v) is 11.4. The monoisotopic (exact) mass is 625 g/mol. The van der Waals surface area contributed by atoms with Crippen LogP contribution in [0, 0.1) is 6.92 Å². The predicted octanol–water partition coefficient (Wildman–Crippen LogP) is 5.02. The number of rotatable bonds is 9. The summed E-state index contributed by atoms with van der Waals surface area (Å²) in [6, 6.07) is 10.3. The summed E-state index contributed by atoms with van der Waals surface area (Å²) in [6.45, 7) is 10.8. The molecule has 1 unspecified atom stereocenters. The van der Waals surface area contributed by atoms with Crippen LogP contribution < -0.4 is 15.4 Å². The fourth-order valence-electron chi connectivity index (χ4n) is 5.54. The molecule has 0 spiro atoms. The van der Waals surface area contributed by atoms with Gasteiger partial charge >= 0.3 is 6.18 Å². The van der Waals surface area contributed by atoms with Crippen LogP contribution in [0.25, 0.3) is 0 Å². The summed E-state index contributed by atoms with van der Waals surface area (Å²) in [7, 11) is 0. The fraction of sp³-hybridized carbons (Fsp3) is 0.438. The van der Waals surface area contributed by atoms with Crippen LogP contribution in [0.1, 0.15) is 47.3 Å². The summed E-state index contributed by atoms with van der Waals surface area (Å²) < 4.78 is 48.2. The van der Waals surface area contributed by atoms with Crippen LogP contribution in [0.3, 0.4) is 0 Å². The number of anilines is 2. The van der Waals surface area contributed by atoms with Crippen LogP contribution in [-0.4, -0.2) is 88.3 Å². The summed E-state index contributed by atoms with van der Waals surface area (Å²) in [5.74, 6) is 0.409. The summed E-state index contributed by atoms with van der Waals surface area (Å²) in [5, 5.41) is 5.83. The molecular formula is C32H38F3N7O3. The molecule has 2 aromatic carbocycles. The minimum absolute atomic E-state index is 0.0151. The number of benzene rings is 2. The Bertz CT molecular complexity index is 1530. The number of carbonyl (C=O) groups is 2. The van der Waals surface area contributed by atoms with E-state index < -0.39 is 17.6 Å². The number of aromatic nitrogens is 2. The minimum atomic E-state index is -4.57. The van der Waals surface area contributed by atoms with Gasteiger partial charge in [0, 0.05) is 82.3 Å². The third-order valence-electron chi connectivity index (χ3n) is 8.24. The van der Waals surface area contributed by atoms with Crippen molar-refractivity contribution in [1.29, 1.82) is 0 Å². The minimum Gasteiger partial charge on any atom is -0.439 e. The second kappa shape index (κ2) is 13.8. The Morgan fingerprint density at radius 2 is 1.78 bits per heavy atom. The maximum absolute atomic E-state index is 14.1. The van der Waals surface area contributed by atoms with Crippen molar-refractivity contribution in [1.82, 2.24) is 24.7 Å². The molecule has 3 aromatic rings. The Balaban J connectivity index is 1.26. The van der Waals surface area contributed by atoms with Gasteiger partial charge in [-0.2, -0.15) is 18.2 Å². The molecule has 0 bridgehead atoms. The van der Waals surface area contributed by atoms with Crippen molar-refractivity contribution in [3.63, 3.8) is 0 Å². The molecule has 2 N–H and O–H groups in total. The normalized spacial score (nSPS) is 17.7. The van der Waals surface area contributed by atoms with Gasteiger partial charge in [0.05, 0.1) is 5.56 Å². The van der Waals surface area contributed by atoms with Gasteiger partial charge in [-0.25, -0.2) is 4.98 Å². The van der Waals surface area contributed by atoms with Gasteiger partial charge in [-0.05, 0) is 55.3 Å². The standard InChI is InChI=1S/C32H38F3N7O3/c1-4-40-13-15-41(16-14-40)19-24-7-8-25(18-27(24)32(33,34)35)37-30(44)23-6-5-21(2)28(17-23)45-29-9-11-36-31(39-29)38-26-10-12-42(20-26)22(3)43/h5-9,11,17-18,26H,4,10,12-16,19-20H2,1-3H3,(H,37,44)(H,36,38,39). The third kappa shape index (κ3) is 8.28. The Hall–Kier alpha value is -4.23. The highest BCUT2D eigenvalue weighted by atomic mass is 19.4. The number of carbonyl (C=O) groups excluding carboxylic acids is 2. The van der Waals surface area contributed by atoms with E-state index in [-0.39, 0.29) is 41.2 Å². The SMILES string of the molecule is CCN1CCN(Cc2ccc(NC(=O)c3ccc(C)c(Oc4ccnc(NC5CCN(C(C)=O)C5)n4)c3)cc2C(F)(F)F)CC1. The maximum Gasteiger partial charge on any atom is 0.416 e. The van der Waals surface area contributed by atoms with E-state index in [1.807, 2.05) is 11.8 Å². The molecule has 2 aliphatic heterocycles. The van der Waals surface area contributed by atoms with Crippen molar-refractivity contribution >= 4 is 23.5 Å². The Labute approximate surface area is 260 Å². The molecule has 2 fully saturated rings. The molecule has 13 heteroatoms. The van der Waals surface area contributed by atoms with E-state index in [2.05, 4.69) is 32.4 Å². The number of ether oxygens (including phenoxy) is 1. The van der Waals surface area contributed by atoms with Gasteiger partial charge in [0.1, 0.15) is 5.75 Å². The van der Waals surface area contributed by atoms with E-state index in [0.29, 0.717) is 37.9 Å². The molecule has 0 aliphatic carbocycles. The summed E-state index contributed by atoms with van der Waals surface area (Å²) in [6.07, 6.45) is -2.25. The van der Waals surface area contributed by atoms with Crippen molar-refractivity contribution in [2.24, 2.45) is 0 Å². The average Bonchev–Trinajstić information content (AvgIpc) is 3.48. The van der Waals surface area contributed by atoms with Gasteiger partial charge in [0.2, 0.25) is 17.7 Å². The number of likely N-dealkylation sites (tertiary alicyclic amines) is 1. The number of nitrogens with zero attached hydrogens (tertiary/aromatic N) is 5. The highest BCUT2D eigenvalue weighted by molar-refractivity contribution is 6.04. The zero-order valence-electron chi connectivity index (χ0n) is 25.7. The number of piperazine rings is 1. The number of hydrogen-bond donors (Lipinski definition) is 2. The van der Waals surface area contributed by atoms with E-state index in [0.717, 1.165) is 37.7 Å². The lowest BCUT2D eigenvalue weighted by atomic mass is 10.0. The van der Waals surface area contributed by atoms with E-state index in [9.17, 15) is 22.8 Å². The number of halogens is 3. The molecule has 0 saturated carbocycles. The fourth-order valence-corrected chi connectivity index (χ4v) is 5.54. The number of hydrogen-bond acceptors (Lipinski definition) is 8. The van der Waals surface area contributed by atoms with Gasteiger partial charge in [0.15, 0.2) is 0 Å². The first-order valence-electron chi connectivity index (χ1n) is 15.1. The van der Waals surface area contributed by atoms with Crippen LogP contribution >= 0.6 is 0 Å². The molecule has 1 aromatic heterocycles. The molecule has 10 nitrogen and oxygen atoms in total. The third-order valence-corrected chi connectivity index (χ3v) is 8.24. The Morgan fingerprint density at radius 1 is 1.02 bits per heavy atom. The highest BCUT2D eigenvalue weighted by Crippen LogP contribution is 2.35. The number of amides is 2. The molecule has 2 saturated heterocycles. The number of likely N-dealkylation sites (N-methyl/N-ethyl adjacent to an activating group) is 1. The first-order chi connectivity index (χ1) is 21.5. The van der Waals surface area contributed by atoms with E-state index >= 15 is 0 Å². The van der Waals surface area contributed by atoms with E-state index in [4.69, 9.17) is 4.74 Å². The van der Waals surface area contributed by atoms with Gasteiger partial charge in [-0.1, -0.05) is 19.1 Å². The van der Waals surface area contributed by atoms with Crippen molar-refractivity contribution in [2.45, 2.75) is 46.0 Å². The molecule has 240 valence electrons. The Kier molecular flexibility index (Phi) is 9.88. The number of alkyl halides is 3. The smallest absolute Gasteiger partial charge is 0.416 e. The first kappa shape index (κ1) is 32.2. The van der Waals surface area contributed by atoms with Gasteiger partial charge < -0.3 is 25.2 Å². The number of nitrogens with one attached hydrogen (secondary N) is 2. The van der Waals surface area contributed by atoms with Crippen molar-refractivity contribution < 1.29 is 27.5 Å². The average molecular weight is 626 g/mol. The molecule has 45 heavy (non-hydrogen) atoms. The lowest BCUT2D eigenvalue weighted by molar-refractivity contribution is -0.138. The summed E-state index contributed by atoms with van der Waals surface area (Å²) in [4.78, 5) is 39.5. The molecular weight excluding hydrogens is 587 g/mol. The quantitative estimate of drug-likeness (QED) is 0.342. The lowest BCUT2D eigenvalue weighted by Gasteiger charge is -2.34. The van der Waals surface area contributed by atoms with Crippen LogP contribution in [0.15, 0.2) is 48.7 Å². The number of aryl methyl sites for hydroxylation is 1. The van der Waals surface area contributed by atoms with E-state index in [1.165, 1.54) is 25.1 Å². The molecule has 1 atom stereocenters. The van der Waals surface area contributed by atoms with Crippen molar-refractivity contribution in [2.75, 3.05) is 56.4 Å². The van der Waals surface area contributed by atoms with Crippen LogP contribution in [0.5, 0.6) is 11.6 Å². The maximum atomic E-state index is 14.1. The largest absolute Gasteiger partial charge is 0.439 e. The van der Waals surface area contributed by atoms with Gasteiger partial charge in [-0.3, -0.25) is 14.5 Å². The molecule has 0 radical (unpaired) electrons. The molecule has 3 heterocycles. The van der Waals surface area contributed by atoms with Crippen LogP contribution in [0.4, 0.5) is 24.8 Å². The first-order valence-corrected chi connectivity index (χ1v) is 15.1. The molecule has 2 aliphatic rings. The lowest BCUT2D eigenvalue weighted by Crippen LogP contribution is -2.45. The summed E-state index contributed by atoms with van der Waals surface area (Å²) >= 11 is 0. The topological polar surface area (TPSA) is 103 Å². The molecule has 2 amide bonds. The van der Waals surface area contributed by atoms with Crippen molar-refractivity contribution in [3.8, 4) is 11.6 Å². The summed E-state index contributed by atoms with van der Waals surface area (Å²) in [5.41, 5.74) is 0.419. The zero-order chi connectivity index (χ0) is 32.1. The van der Waals surface area contributed by atoms with Crippen LogP contribution in [0.2, 0.25) is 0 Å². The van der Waals surface area contributed by atoms with Gasteiger partial charge in [0.25, 0.3) is 5.91 Å². The zero-order valence-corrected chi connectivity index (χ0v) is 25.7. The Morgan fingerprint density at radius 3 is 2.47 bits per heavy atom.